The van der Waals surface area contributed by atoms with E-state index in [2.05, 4.69) is 219 Å². The minimum Gasteiger partial charge on any atom is -0.456 e. The lowest BCUT2D eigenvalue weighted by atomic mass is 9.79. The lowest BCUT2D eigenvalue weighted by molar-refractivity contribution is 0.662. The molecular weight excluding hydrogens is 715 g/mol. The van der Waals surface area contributed by atoms with Gasteiger partial charge in [-0.1, -0.05) is 184 Å². The molecule has 0 atom stereocenters. The molecule has 0 aliphatic heterocycles. The summed E-state index contributed by atoms with van der Waals surface area (Å²) in [7, 11) is 0. The fourth-order valence-corrected chi connectivity index (χ4v) is 9.60. The molecular formula is C57H41NO. The van der Waals surface area contributed by atoms with Crippen molar-refractivity contribution < 1.29 is 4.42 Å². The summed E-state index contributed by atoms with van der Waals surface area (Å²) in [6, 6.07) is 76.9. The van der Waals surface area contributed by atoms with Crippen molar-refractivity contribution in [1.29, 1.82) is 0 Å². The van der Waals surface area contributed by atoms with Crippen LogP contribution in [-0.4, -0.2) is 0 Å². The van der Waals surface area contributed by atoms with Crippen molar-refractivity contribution in [2.75, 3.05) is 4.90 Å². The maximum atomic E-state index is 6.36. The number of nitrogens with zero attached hydrogens (tertiary/aromatic N) is 1. The highest BCUT2D eigenvalue weighted by Gasteiger charge is 2.37. The van der Waals surface area contributed by atoms with Crippen LogP contribution in [0, 0.1) is 0 Å². The molecule has 0 fully saturated rings. The summed E-state index contributed by atoms with van der Waals surface area (Å²) in [6.07, 6.45) is 0. The number of anilines is 3. The maximum absolute atomic E-state index is 6.36. The van der Waals surface area contributed by atoms with Gasteiger partial charge in [-0.2, -0.15) is 0 Å². The molecule has 1 aliphatic carbocycles. The van der Waals surface area contributed by atoms with E-state index in [-0.39, 0.29) is 5.41 Å². The molecule has 9 aromatic carbocycles. The second kappa shape index (κ2) is 13.9. The Morgan fingerprint density at radius 3 is 1.69 bits per heavy atom. The van der Waals surface area contributed by atoms with Crippen molar-refractivity contribution in [2.45, 2.75) is 19.3 Å². The first-order valence-electron chi connectivity index (χ1n) is 20.4. The zero-order valence-electron chi connectivity index (χ0n) is 33.1. The molecule has 1 heterocycles. The quantitative estimate of drug-likeness (QED) is 0.161. The molecule has 2 heteroatoms. The van der Waals surface area contributed by atoms with E-state index < -0.39 is 0 Å². The summed E-state index contributed by atoms with van der Waals surface area (Å²) in [4.78, 5) is 2.43. The van der Waals surface area contributed by atoms with E-state index in [1.54, 1.807) is 0 Å². The molecule has 1 aromatic heterocycles. The Morgan fingerprint density at radius 1 is 0.373 bits per heavy atom. The van der Waals surface area contributed by atoms with Gasteiger partial charge in [-0.3, -0.25) is 0 Å². The maximum Gasteiger partial charge on any atom is 0.135 e. The van der Waals surface area contributed by atoms with E-state index in [0.717, 1.165) is 39.0 Å². The highest BCUT2D eigenvalue weighted by molar-refractivity contribution is 6.08. The summed E-state index contributed by atoms with van der Waals surface area (Å²) in [6.45, 7) is 4.73. The molecule has 0 saturated heterocycles. The second-order valence-corrected chi connectivity index (χ2v) is 16.0. The highest BCUT2D eigenvalue weighted by atomic mass is 16.3. The standard InChI is InChI=1S/C57H41NO/c1-57(2)51-28-13-11-22-46(51)49-27-15-26-45(56(49)57)40-31-33-41(34-32-40)58(42-35-36-54-50(37-42)47-23-12-14-30-53(47)59-54)52-29-16-25-44(39-19-7-4-8-20-39)55(52)48-24-10-9-21-43(48)38-17-5-3-6-18-38/h3-37H,1-2H3. The van der Waals surface area contributed by atoms with Crippen molar-refractivity contribution in [3.8, 4) is 55.6 Å². The van der Waals surface area contributed by atoms with Gasteiger partial charge in [0.1, 0.15) is 11.2 Å². The molecule has 0 saturated carbocycles. The molecule has 10 aromatic rings. The Bertz CT molecular complexity index is 3170. The zero-order chi connectivity index (χ0) is 39.5. The van der Waals surface area contributed by atoms with Crippen LogP contribution in [0.1, 0.15) is 25.0 Å². The third-order valence-electron chi connectivity index (χ3n) is 12.3. The molecule has 0 amide bonds. The predicted molar refractivity (Wildman–Crippen MR) is 248 cm³/mol. The highest BCUT2D eigenvalue weighted by Crippen LogP contribution is 2.53. The number of para-hydroxylation sites is 1. The van der Waals surface area contributed by atoms with Crippen LogP contribution in [-0.2, 0) is 5.41 Å². The van der Waals surface area contributed by atoms with Crippen LogP contribution in [0.25, 0.3) is 77.6 Å². The zero-order valence-corrected chi connectivity index (χ0v) is 33.1. The average molecular weight is 756 g/mol. The lowest BCUT2D eigenvalue weighted by Gasteiger charge is -2.30. The van der Waals surface area contributed by atoms with Crippen LogP contribution in [0.2, 0.25) is 0 Å². The predicted octanol–water partition coefficient (Wildman–Crippen LogP) is 16.0. The van der Waals surface area contributed by atoms with Gasteiger partial charge in [-0.05, 0) is 104 Å². The van der Waals surface area contributed by atoms with Gasteiger partial charge in [-0.25, -0.2) is 0 Å². The molecule has 0 N–H and O–H groups in total. The summed E-state index contributed by atoms with van der Waals surface area (Å²) in [5, 5.41) is 2.20. The summed E-state index contributed by atoms with van der Waals surface area (Å²) < 4.78 is 6.36. The first-order chi connectivity index (χ1) is 29.0. The number of hydrogen-bond acceptors (Lipinski definition) is 2. The third kappa shape index (κ3) is 5.71. The number of hydrogen-bond donors (Lipinski definition) is 0. The Hall–Kier alpha value is -7.42. The van der Waals surface area contributed by atoms with E-state index >= 15 is 0 Å². The van der Waals surface area contributed by atoms with Crippen molar-refractivity contribution in [3.63, 3.8) is 0 Å². The summed E-state index contributed by atoms with van der Waals surface area (Å²) >= 11 is 0. The van der Waals surface area contributed by atoms with Gasteiger partial charge in [-0.15, -0.1) is 0 Å². The number of benzene rings is 9. The molecule has 0 unspecified atom stereocenters. The van der Waals surface area contributed by atoms with Crippen LogP contribution in [0.15, 0.2) is 217 Å². The lowest BCUT2D eigenvalue weighted by Crippen LogP contribution is -2.16. The van der Waals surface area contributed by atoms with Crippen molar-refractivity contribution >= 4 is 39.0 Å². The smallest absolute Gasteiger partial charge is 0.135 e. The van der Waals surface area contributed by atoms with Gasteiger partial charge in [0, 0.05) is 33.1 Å². The van der Waals surface area contributed by atoms with Crippen LogP contribution in [0.5, 0.6) is 0 Å². The van der Waals surface area contributed by atoms with Crippen LogP contribution in [0.4, 0.5) is 17.1 Å². The van der Waals surface area contributed by atoms with Crippen molar-refractivity contribution in [3.05, 3.63) is 223 Å². The van der Waals surface area contributed by atoms with Crippen LogP contribution >= 0.6 is 0 Å². The normalized spacial score (nSPS) is 12.7. The minimum atomic E-state index is -0.116. The van der Waals surface area contributed by atoms with Gasteiger partial charge >= 0.3 is 0 Å². The molecule has 11 rings (SSSR count). The second-order valence-electron chi connectivity index (χ2n) is 16.0. The number of furan rings is 1. The van der Waals surface area contributed by atoms with E-state index in [1.165, 1.54) is 66.8 Å². The molecule has 0 bridgehead atoms. The van der Waals surface area contributed by atoms with Gasteiger partial charge in [0.2, 0.25) is 0 Å². The number of fused-ring (bicyclic) bond motifs is 6. The summed E-state index contributed by atoms with van der Waals surface area (Å²) in [5.74, 6) is 0. The third-order valence-corrected chi connectivity index (χ3v) is 12.3. The molecule has 2 nitrogen and oxygen atoms in total. The molecule has 280 valence electrons. The first-order valence-corrected chi connectivity index (χ1v) is 20.4. The van der Waals surface area contributed by atoms with E-state index in [0.29, 0.717) is 0 Å². The fraction of sp³-hybridized carbons (Fsp3) is 0.0526. The Morgan fingerprint density at radius 2 is 0.915 bits per heavy atom. The number of rotatable bonds is 7. The Kier molecular flexibility index (Phi) is 8.20. The molecule has 1 aliphatic rings. The monoisotopic (exact) mass is 755 g/mol. The SMILES string of the molecule is CC1(C)c2ccccc2-c2cccc(-c3ccc(N(c4ccc5oc6ccccc6c5c4)c4cccc(-c5ccccc5)c4-c4ccccc4-c4ccccc4)cc3)c21. The van der Waals surface area contributed by atoms with Crippen LogP contribution < -0.4 is 4.90 Å². The largest absolute Gasteiger partial charge is 0.456 e. The van der Waals surface area contributed by atoms with E-state index in [9.17, 15) is 0 Å². The fourth-order valence-electron chi connectivity index (χ4n) is 9.60. The first kappa shape index (κ1) is 34.8. The average Bonchev–Trinajstić information content (AvgIpc) is 3.79. The summed E-state index contributed by atoms with van der Waals surface area (Å²) in [5.41, 5.74) is 19.8. The topological polar surface area (TPSA) is 16.4 Å². The van der Waals surface area contributed by atoms with E-state index in [4.69, 9.17) is 4.42 Å². The molecule has 0 radical (unpaired) electrons. The minimum absolute atomic E-state index is 0.116. The molecule has 59 heavy (non-hydrogen) atoms. The van der Waals surface area contributed by atoms with Gasteiger partial charge in [0.25, 0.3) is 0 Å². The van der Waals surface area contributed by atoms with Crippen molar-refractivity contribution in [2.24, 2.45) is 0 Å². The van der Waals surface area contributed by atoms with E-state index in [1.807, 2.05) is 12.1 Å². The van der Waals surface area contributed by atoms with Gasteiger partial charge in [0.05, 0.1) is 5.69 Å². The van der Waals surface area contributed by atoms with Gasteiger partial charge < -0.3 is 9.32 Å². The molecule has 0 spiro atoms. The Balaban J connectivity index is 1.15. The van der Waals surface area contributed by atoms with Crippen LogP contribution in [0.3, 0.4) is 0 Å². The Labute approximate surface area is 345 Å². The van der Waals surface area contributed by atoms with Gasteiger partial charge in [0.15, 0.2) is 0 Å². The van der Waals surface area contributed by atoms with Crippen molar-refractivity contribution in [1.82, 2.24) is 0 Å².